The Morgan fingerprint density at radius 1 is 0.889 bits per heavy atom. The Kier molecular flexibility index (Phi) is 9.48. The molecule has 0 fully saturated rings. The number of carbonyl (C=O) groups excluding carboxylic acids is 3. The number of urea groups is 1. The zero-order valence-corrected chi connectivity index (χ0v) is 19.1. The van der Waals surface area contributed by atoms with E-state index in [1.54, 1.807) is 18.2 Å². The third-order valence-electron chi connectivity index (χ3n) is 4.87. The number of nitrogens with two attached hydrogens (primary N) is 1. The lowest BCUT2D eigenvalue weighted by molar-refractivity contribution is -0.143. The van der Waals surface area contributed by atoms with Crippen LogP contribution in [0.4, 0.5) is 10.5 Å². The van der Waals surface area contributed by atoms with Gasteiger partial charge in [0.2, 0.25) is 11.8 Å². The van der Waals surface area contributed by atoms with Crippen LogP contribution in [0.25, 0.3) is 0 Å². The molecule has 0 aliphatic rings. The number of hydrogen-bond donors (Lipinski definition) is 8. The van der Waals surface area contributed by atoms with Crippen molar-refractivity contribution >= 4 is 41.3 Å². The van der Waals surface area contributed by atoms with Gasteiger partial charge in [-0.3, -0.25) is 19.8 Å². The lowest BCUT2D eigenvalue weighted by Crippen LogP contribution is -2.54. The van der Waals surface area contributed by atoms with E-state index in [2.05, 4.69) is 21.3 Å². The SMILES string of the molecule is CC(NC(=O)Nc1ccc(C(=N)N)cc1)C(=O)N[C@@H](CC(=O)O)C(=O)N[C@H](C(=O)O)c1ccccc1. The van der Waals surface area contributed by atoms with Gasteiger partial charge in [0.15, 0.2) is 6.04 Å². The Morgan fingerprint density at radius 2 is 1.50 bits per heavy atom. The van der Waals surface area contributed by atoms with E-state index in [9.17, 15) is 29.1 Å². The maximum atomic E-state index is 12.7. The lowest BCUT2D eigenvalue weighted by atomic mass is 10.1. The van der Waals surface area contributed by atoms with Gasteiger partial charge in [0, 0.05) is 11.3 Å². The second-order valence-electron chi connectivity index (χ2n) is 7.66. The fourth-order valence-corrected chi connectivity index (χ4v) is 3.02. The van der Waals surface area contributed by atoms with Gasteiger partial charge in [-0.1, -0.05) is 30.3 Å². The van der Waals surface area contributed by atoms with E-state index in [1.807, 2.05) is 0 Å². The molecule has 0 aromatic heterocycles. The Morgan fingerprint density at radius 3 is 2.03 bits per heavy atom. The van der Waals surface area contributed by atoms with Gasteiger partial charge in [-0.05, 0) is 36.8 Å². The van der Waals surface area contributed by atoms with Crippen LogP contribution < -0.4 is 27.0 Å². The number of amidine groups is 1. The first-order valence-electron chi connectivity index (χ1n) is 10.6. The van der Waals surface area contributed by atoms with E-state index in [-0.39, 0.29) is 11.4 Å². The van der Waals surface area contributed by atoms with Crippen LogP contribution in [0.1, 0.15) is 30.5 Å². The predicted molar refractivity (Wildman–Crippen MR) is 128 cm³/mol. The van der Waals surface area contributed by atoms with Crippen LogP contribution in [0.2, 0.25) is 0 Å². The van der Waals surface area contributed by atoms with Crippen LogP contribution in [0.15, 0.2) is 54.6 Å². The second-order valence-corrected chi connectivity index (χ2v) is 7.66. The zero-order valence-electron chi connectivity index (χ0n) is 19.1. The smallest absolute Gasteiger partial charge is 0.330 e. The Bertz CT molecular complexity index is 1140. The zero-order chi connectivity index (χ0) is 26.8. The first-order chi connectivity index (χ1) is 17.0. The van der Waals surface area contributed by atoms with Gasteiger partial charge in [0.05, 0.1) is 6.42 Å². The van der Waals surface area contributed by atoms with Crippen molar-refractivity contribution < 1.29 is 34.2 Å². The quantitative estimate of drug-likeness (QED) is 0.159. The molecule has 0 spiro atoms. The number of benzene rings is 2. The summed E-state index contributed by atoms with van der Waals surface area (Å²) in [6, 6.07) is 8.76. The van der Waals surface area contributed by atoms with Gasteiger partial charge in [0.1, 0.15) is 17.9 Å². The van der Waals surface area contributed by atoms with E-state index in [1.165, 1.54) is 43.3 Å². The van der Waals surface area contributed by atoms with Crippen molar-refractivity contribution in [2.75, 3.05) is 5.32 Å². The molecule has 0 aliphatic carbocycles. The highest BCUT2D eigenvalue weighted by Crippen LogP contribution is 2.13. The monoisotopic (exact) mass is 498 g/mol. The summed E-state index contributed by atoms with van der Waals surface area (Å²) in [6.07, 6.45) is -0.819. The molecule has 190 valence electrons. The van der Waals surface area contributed by atoms with E-state index < -0.39 is 54.3 Å². The number of aliphatic carboxylic acids is 2. The molecule has 9 N–H and O–H groups in total. The van der Waals surface area contributed by atoms with Crippen molar-refractivity contribution in [3.8, 4) is 0 Å². The molecule has 0 bridgehead atoms. The molecule has 3 atom stereocenters. The summed E-state index contributed by atoms with van der Waals surface area (Å²) in [5.74, 6) is -4.82. The molecule has 2 aromatic rings. The summed E-state index contributed by atoms with van der Waals surface area (Å²) < 4.78 is 0. The number of carboxylic acids is 2. The highest BCUT2D eigenvalue weighted by Gasteiger charge is 2.30. The summed E-state index contributed by atoms with van der Waals surface area (Å²) in [4.78, 5) is 60.4. The summed E-state index contributed by atoms with van der Waals surface area (Å²) in [5.41, 5.74) is 6.43. The Labute approximate surface area is 205 Å². The topological polar surface area (TPSA) is 224 Å². The first-order valence-corrected chi connectivity index (χ1v) is 10.6. The van der Waals surface area contributed by atoms with E-state index in [0.29, 0.717) is 11.3 Å². The summed E-state index contributed by atoms with van der Waals surface area (Å²) in [7, 11) is 0. The number of anilines is 1. The molecular formula is C23H26N6O7. The fraction of sp³-hybridized carbons (Fsp3) is 0.217. The van der Waals surface area contributed by atoms with Crippen LogP contribution in [-0.4, -0.2) is 57.9 Å². The third-order valence-corrected chi connectivity index (χ3v) is 4.87. The van der Waals surface area contributed by atoms with Crippen molar-refractivity contribution in [1.29, 1.82) is 5.41 Å². The maximum Gasteiger partial charge on any atom is 0.330 e. The van der Waals surface area contributed by atoms with Crippen molar-refractivity contribution in [3.05, 3.63) is 65.7 Å². The Balaban J connectivity index is 2.02. The molecule has 13 nitrogen and oxygen atoms in total. The molecule has 0 radical (unpaired) electrons. The van der Waals surface area contributed by atoms with Gasteiger partial charge >= 0.3 is 18.0 Å². The molecule has 0 heterocycles. The fourth-order valence-electron chi connectivity index (χ4n) is 3.02. The second kappa shape index (κ2) is 12.5. The average Bonchev–Trinajstić information content (AvgIpc) is 2.82. The normalized spacial score (nSPS) is 12.8. The van der Waals surface area contributed by atoms with Crippen molar-refractivity contribution in [2.24, 2.45) is 5.73 Å². The number of hydrogen-bond acceptors (Lipinski definition) is 6. The lowest BCUT2D eigenvalue weighted by Gasteiger charge is -2.22. The highest BCUT2D eigenvalue weighted by molar-refractivity contribution is 5.98. The molecule has 0 saturated heterocycles. The number of carboxylic acid groups (broad SMARTS) is 2. The van der Waals surface area contributed by atoms with Crippen molar-refractivity contribution in [1.82, 2.24) is 16.0 Å². The van der Waals surface area contributed by atoms with Crippen molar-refractivity contribution in [2.45, 2.75) is 31.5 Å². The maximum absolute atomic E-state index is 12.7. The van der Waals surface area contributed by atoms with Crippen LogP contribution in [0.3, 0.4) is 0 Å². The van der Waals surface area contributed by atoms with Crippen molar-refractivity contribution in [3.63, 3.8) is 0 Å². The van der Waals surface area contributed by atoms with Crippen LogP contribution in [0.5, 0.6) is 0 Å². The van der Waals surface area contributed by atoms with Crippen LogP contribution >= 0.6 is 0 Å². The third kappa shape index (κ3) is 8.13. The minimum Gasteiger partial charge on any atom is -0.481 e. The van der Waals surface area contributed by atoms with E-state index in [0.717, 1.165) is 0 Å². The largest absolute Gasteiger partial charge is 0.481 e. The summed E-state index contributed by atoms with van der Waals surface area (Å²) in [6.45, 7) is 1.31. The summed E-state index contributed by atoms with van der Waals surface area (Å²) in [5, 5.41) is 35.3. The van der Waals surface area contributed by atoms with Crippen LogP contribution in [-0.2, 0) is 19.2 Å². The molecule has 36 heavy (non-hydrogen) atoms. The molecule has 4 amide bonds. The number of nitrogens with one attached hydrogen (secondary N) is 5. The molecule has 2 rings (SSSR count). The molecular weight excluding hydrogens is 472 g/mol. The highest BCUT2D eigenvalue weighted by atomic mass is 16.4. The standard InChI is InChI=1S/C23H26N6O7/c1-12(26-23(36)27-15-9-7-14(8-10-15)19(24)25)20(32)28-16(11-17(30)31)21(33)29-18(22(34)35)13-5-3-2-4-6-13/h2-10,12,16,18H,11H2,1H3,(H3,24,25)(H,28,32)(H,29,33)(H,30,31)(H,34,35)(H2,26,27,36)/t12?,16-,18-/m0/s1. The minimum absolute atomic E-state index is 0.144. The van der Waals surface area contributed by atoms with E-state index >= 15 is 0 Å². The van der Waals surface area contributed by atoms with Gasteiger partial charge in [-0.2, -0.15) is 0 Å². The number of nitrogen functional groups attached to an aromatic ring is 1. The van der Waals surface area contributed by atoms with E-state index in [4.69, 9.17) is 16.2 Å². The van der Waals surface area contributed by atoms with Gasteiger partial charge < -0.3 is 37.2 Å². The molecule has 0 saturated carbocycles. The molecule has 1 unspecified atom stereocenters. The molecule has 2 aromatic carbocycles. The minimum atomic E-state index is -1.60. The van der Waals surface area contributed by atoms with Crippen LogP contribution in [0, 0.1) is 5.41 Å². The average molecular weight is 498 g/mol. The summed E-state index contributed by atoms with van der Waals surface area (Å²) >= 11 is 0. The van der Waals surface area contributed by atoms with Gasteiger partial charge in [-0.15, -0.1) is 0 Å². The number of rotatable bonds is 11. The predicted octanol–water partition coefficient (Wildman–Crippen LogP) is 0.382. The molecule has 13 heteroatoms. The number of amides is 4. The molecule has 0 aliphatic heterocycles. The first kappa shape index (κ1) is 27.3. The van der Waals surface area contributed by atoms with Gasteiger partial charge in [-0.25, -0.2) is 9.59 Å². The Hall–Kier alpha value is -4.94. The van der Waals surface area contributed by atoms with Gasteiger partial charge in [0.25, 0.3) is 0 Å². The number of carbonyl (C=O) groups is 5.